The number of benzene rings is 1. The molecule has 1 N–H and O–H groups in total. The van der Waals surface area contributed by atoms with Gasteiger partial charge in [0.2, 0.25) is 0 Å². The Hall–Kier alpha value is -0.450. The van der Waals surface area contributed by atoms with E-state index in [1.165, 1.54) is 12.1 Å². The summed E-state index contributed by atoms with van der Waals surface area (Å²) in [6.45, 7) is 1.59. The zero-order valence-electron chi connectivity index (χ0n) is 8.85. The fourth-order valence-corrected chi connectivity index (χ4v) is 2.18. The summed E-state index contributed by atoms with van der Waals surface area (Å²) in [5.41, 5.74) is -0.0275. The Kier molecular flexibility index (Phi) is 4.69. The fourth-order valence-electron chi connectivity index (χ4n) is 1.95. The fraction of sp³-hybridized carbons (Fsp3) is 0.455. The standard InChI is InChI=1S/C11H11ClF3N.ClH/c12-10-2-1-7(8-3-4-16-6-8)5-9(10)11(13,14)15;/h1-2,5,8,16H,3-4,6H2;1H. The van der Waals surface area contributed by atoms with Crippen LogP contribution < -0.4 is 5.32 Å². The van der Waals surface area contributed by atoms with Crippen molar-refractivity contribution in [3.05, 3.63) is 34.3 Å². The highest BCUT2D eigenvalue weighted by molar-refractivity contribution is 6.31. The maximum Gasteiger partial charge on any atom is 0.417 e. The molecule has 1 saturated heterocycles. The lowest BCUT2D eigenvalue weighted by atomic mass is 9.96. The van der Waals surface area contributed by atoms with Crippen molar-refractivity contribution in [2.45, 2.75) is 18.5 Å². The Bertz CT molecular complexity index is 387. The van der Waals surface area contributed by atoms with Gasteiger partial charge >= 0.3 is 6.18 Å². The smallest absolute Gasteiger partial charge is 0.316 e. The summed E-state index contributed by atoms with van der Waals surface area (Å²) in [6.07, 6.45) is -3.50. The maximum atomic E-state index is 12.6. The van der Waals surface area contributed by atoms with Gasteiger partial charge in [-0.05, 0) is 36.6 Å². The number of hydrogen-bond donors (Lipinski definition) is 1. The zero-order valence-corrected chi connectivity index (χ0v) is 10.4. The van der Waals surface area contributed by atoms with E-state index in [0.717, 1.165) is 19.5 Å². The molecule has 0 aromatic heterocycles. The van der Waals surface area contributed by atoms with Gasteiger partial charge in [-0.3, -0.25) is 0 Å². The third-order valence-electron chi connectivity index (χ3n) is 2.83. The van der Waals surface area contributed by atoms with E-state index in [-0.39, 0.29) is 23.3 Å². The molecule has 17 heavy (non-hydrogen) atoms. The molecule has 0 radical (unpaired) electrons. The van der Waals surface area contributed by atoms with Crippen LogP contribution in [0.2, 0.25) is 5.02 Å². The topological polar surface area (TPSA) is 12.0 Å². The molecule has 6 heteroatoms. The molecule has 2 rings (SSSR count). The van der Waals surface area contributed by atoms with Gasteiger partial charge in [0.1, 0.15) is 0 Å². The van der Waals surface area contributed by atoms with E-state index in [4.69, 9.17) is 11.6 Å². The van der Waals surface area contributed by atoms with Crippen LogP contribution in [0.1, 0.15) is 23.5 Å². The SMILES string of the molecule is Cl.FC(F)(F)c1cc(C2CCNC2)ccc1Cl. The van der Waals surface area contributed by atoms with E-state index >= 15 is 0 Å². The predicted molar refractivity (Wildman–Crippen MR) is 63.9 cm³/mol. The molecule has 96 valence electrons. The van der Waals surface area contributed by atoms with Gasteiger partial charge in [0.15, 0.2) is 0 Å². The molecule has 0 bridgehead atoms. The normalized spacial score (nSPS) is 20.1. The van der Waals surface area contributed by atoms with Crippen molar-refractivity contribution in [3.63, 3.8) is 0 Å². The Morgan fingerprint density at radius 2 is 2.00 bits per heavy atom. The molecule has 0 spiro atoms. The van der Waals surface area contributed by atoms with Crippen molar-refractivity contribution in [2.75, 3.05) is 13.1 Å². The van der Waals surface area contributed by atoms with Crippen molar-refractivity contribution < 1.29 is 13.2 Å². The van der Waals surface area contributed by atoms with E-state index in [1.54, 1.807) is 6.07 Å². The lowest BCUT2D eigenvalue weighted by Gasteiger charge is -2.14. The monoisotopic (exact) mass is 285 g/mol. The van der Waals surface area contributed by atoms with E-state index in [1.807, 2.05) is 0 Å². The van der Waals surface area contributed by atoms with Crippen molar-refractivity contribution in [2.24, 2.45) is 0 Å². The highest BCUT2D eigenvalue weighted by atomic mass is 35.5. The van der Waals surface area contributed by atoms with Crippen LogP contribution in [-0.4, -0.2) is 13.1 Å². The lowest BCUT2D eigenvalue weighted by Crippen LogP contribution is -2.10. The molecular weight excluding hydrogens is 274 g/mol. The molecule has 1 aliphatic rings. The van der Waals surface area contributed by atoms with Gasteiger partial charge in [0.05, 0.1) is 10.6 Å². The van der Waals surface area contributed by atoms with E-state index < -0.39 is 11.7 Å². The number of alkyl halides is 3. The summed E-state index contributed by atoms with van der Waals surface area (Å²) in [5, 5.41) is 2.90. The van der Waals surface area contributed by atoms with Crippen LogP contribution in [-0.2, 0) is 6.18 Å². The number of hydrogen-bond acceptors (Lipinski definition) is 1. The summed E-state index contributed by atoms with van der Waals surface area (Å²) < 4.78 is 37.8. The molecule has 0 saturated carbocycles. The lowest BCUT2D eigenvalue weighted by molar-refractivity contribution is -0.137. The van der Waals surface area contributed by atoms with Gasteiger partial charge in [-0.2, -0.15) is 13.2 Å². The van der Waals surface area contributed by atoms with Crippen LogP contribution in [0.5, 0.6) is 0 Å². The first-order valence-electron chi connectivity index (χ1n) is 5.06. The van der Waals surface area contributed by atoms with Crippen LogP contribution >= 0.6 is 24.0 Å². The molecule has 1 fully saturated rings. The highest BCUT2D eigenvalue weighted by Crippen LogP contribution is 2.37. The van der Waals surface area contributed by atoms with Crippen LogP contribution in [0.25, 0.3) is 0 Å². The minimum atomic E-state index is -4.38. The van der Waals surface area contributed by atoms with E-state index in [0.29, 0.717) is 5.56 Å². The van der Waals surface area contributed by atoms with Crippen molar-refractivity contribution >= 4 is 24.0 Å². The predicted octanol–water partition coefficient (Wildman–Crippen LogP) is 3.86. The summed E-state index contributed by atoms with van der Waals surface area (Å²) in [5.74, 6) is 0.165. The molecule has 1 unspecified atom stereocenters. The Labute approximate surface area is 109 Å². The van der Waals surface area contributed by atoms with Gasteiger partial charge in [0.25, 0.3) is 0 Å². The second kappa shape index (κ2) is 5.46. The summed E-state index contributed by atoms with van der Waals surface area (Å²) in [4.78, 5) is 0. The molecule has 1 heterocycles. The first kappa shape index (κ1) is 14.6. The third-order valence-corrected chi connectivity index (χ3v) is 3.16. The second-order valence-corrected chi connectivity index (χ2v) is 4.33. The second-order valence-electron chi connectivity index (χ2n) is 3.93. The Balaban J connectivity index is 0.00000144. The Morgan fingerprint density at radius 1 is 1.29 bits per heavy atom. The van der Waals surface area contributed by atoms with Crippen molar-refractivity contribution in [1.82, 2.24) is 5.32 Å². The molecule has 1 nitrogen and oxygen atoms in total. The van der Waals surface area contributed by atoms with Gasteiger partial charge in [-0.15, -0.1) is 12.4 Å². The molecule has 0 aliphatic carbocycles. The zero-order chi connectivity index (χ0) is 11.8. The molecule has 1 aromatic carbocycles. The van der Waals surface area contributed by atoms with Crippen LogP contribution in [0, 0.1) is 0 Å². The number of nitrogens with one attached hydrogen (secondary N) is 1. The number of halogens is 5. The van der Waals surface area contributed by atoms with E-state index in [2.05, 4.69) is 5.32 Å². The highest BCUT2D eigenvalue weighted by Gasteiger charge is 2.34. The maximum absolute atomic E-state index is 12.6. The van der Waals surface area contributed by atoms with Gasteiger partial charge in [-0.25, -0.2) is 0 Å². The van der Waals surface area contributed by atoms with Gasteiger partial charge in [-0.1, -0.05) is 17.7 Å². The minimum absolute atomic E-state index is 0. The quantitative estimate of drug-likeness (QED) is 0.826. The molecule has 1 atom stereocenters. The minimum Gasteiger partial charge on any atom is -0.316 e. The average molecular weight is 286 g/mol. The van der Waals surface area contributed by atoms with Gasteiger partial charge < -0.3 is 5.32 Å². The molecular formula is C11H12Cl2F3N. The first-order valence-corrected chi connectivity index (χ1v) is 5.43. The first-order chi connectivity index (χ1) is 7.48. The largest absolute Gasteiger partial charge is 0.417 e. The summed E-state index contributed by atoms with van der Waals surface area (Å²) >= 11 is 5.55. The van der Waals surface area contributed by atoms with Gasteiger partial charge in [0, 0.05) is 6.54 Å². The van der Waals surface area contributed by atoms with Crippen LogP contribution in [0.4, 0.5) is 13.2 Å². The molecule has 1 aromatic rings. The van der Waals surface area contributed by atoms with Crippen LogP contribution in [0.15, 0.2) is 18.2 Å². The van der Waals surface area contributed by atoms with Crippen molar-refractivity contribution in [1.29, 1.82) is 0 Å². The molecule has 1 aliphatic heterocycles. The Morgan fingerprint density at radius 3 is 2.53 bits per heavy atom. The van der Waals surface area contributed by atoms with E-state index in [9.17, 15) is 13.2 Å². The average Bonchev–Trinajstić information content (AvgIpc) is 2.69. The van der Waals surface area contributed by atoms with Crippen molar-refractivity contribution in [3.8, 4) is 0 Å². The van der Waals surface area contributed by atoms with Crippen LogP contribution in [0.3, 0.4) is 0 Å². The summed E-state index contributed by atoms with van der Waals surface area (Å²) in [6, 6.07) is 4.17. The third kappa shape index (κ3) is 3.27. The molecule has 0 amide bonds. The summed E-state index contributed by atoms with van der Waals surface area (Å²) in [7, 11) is 0. The number of rotatable bonds is 1.